The van der Waals surface area contributed by atoms with Gasteiger partial charge in [-0.25, -0.2) is 0 Å². The molecule has 0 fully saturated rings. The first-order chi connectivity index (χ1) is 9.28. The molecule has 1 aromatic rings. The van der Waals surface area contributed by atoms with Crippen molar-refractivity contribution in [1.82, 2.24) is 5.32 Å². The fourth-order valence-electron chi connectivity index (χ4n) is 1.80. The second-order valence-electron chi connectivity index (χ2n) is 5.53. The summed E-state index contributed by atoms with van der Waals surface area (Å²) in [6, 6.07) is 1.87. The minimum Gasteiger partial charge on any atom is -0.349 e. The van der Waals surface area contributed by atoms with Crippen molar-refractivity contribution in [3.63, 3.8) is 0 Å². The van der Waals surface area contributed by atoms with Gasteiger partial charge in [0.15, 0.2) is 0 Å². The molecule has 0 radical (unpaired) electrons. The number of carbonyl (C=O) groups is 1. The molecule has 3 nitrogen and oxygen atoms in total. The highest BCUT2D eigenvalue weighted by Crippen LogP contribution is 2.32. The van der Waals surface area contributed by atoms with E-state index >= 15 is 0 Å². The van der Waals surface area contributed by atoms with Crippen LogP contribution in [-0.2, 0) is 11.2 Å². The summed E-state index contributed by atoms with van der Waals surface area (Å²) in [6.45, 7) is 6.52. The molecule has 1 atom stereocenters. The van der Waals surface area contributed by atoms with Crippen LogP contribution in [0.2, 0.25) is 8.67 Å². The number of hydrogen-bond donors (Lipinski definition) is 2. The van der Waals surface area contributed by atoms with Gasteiger partial charge in [-0.15, -0.1) is 23.7 Å². The highest BCUT2D eigenvalue weighted by atomic mass is 35.5. The maximum Gasteiger partial charge on any atom is 0.220 e. The number of amides is 1. The topological polar surface area (TPSA) is 55.1 Å². The van der Waals surface area contributed by atoms with Crippen LogP contribution in [0, 0.1) is 5.92 Å². The van der Waals surface area contributed by atoms with Gasteiger partial charge in [0, 0.05) is 13.0 Å². The largest absolute Gasteiger partial charge is 0.349 e. The molecule has 0 aliphatic heterocycles. The summed E-state index contributed by atoms with van der Waals surface area (Å²) in [5.41, 5.74) is 6.42. The third-order valence-corrected chi connectivity index (χ3v) is 5.27. The van der Waals surface area contributed by atoms with E-state index in [0.29, 0.717) is 27.6 Å². The fraction of sp³-hybridized carbons (Fsp3) is 0.643. The lowest BCUT2D eigenvalue weighted by molar-refractivity contribution is -0.123. The minimum atomic E-state index is -0.347. The molecule has 0 saturated carbocycles. The number of thiophene rings is 1. The van der Waals surface area contributed by atoms with Crippen molar-refractivity contribution in [2.45, 2.75) is 45.6 Å². The van der Waals surface area contributed by atoms with Gasteiger partial charge in [0.2, 0.25) is 5.91 Å². The SMILES string of the molecule is CC(C)C(C)(CN)NC(=O)CCCc1cc(Cl)sc1Cl.Cl. The van der Waals surface area contributed by atoms with E-state index in [1.807, 2.05) is 13.0 Å². The Hall–Kier alpha value is -0.000000000000000222. The highest BCUT2D eigenvalue weighted by molar-refractivity contribution is 7.20. The average molecular weight is 374 g/mol. The van der Waals surface area contributed by atoms with Crippen LogP contribution in [-0.4, -0.2) is 18.0 Å². The lowest BCUT2D eigenvalue weighted by Gasteiger charge is -2.33. The van der Waals surface area contributed by atoms with Gasteiger partial charge < -0.3 is 11.1 Å². The van der Waals surface area contributed by atoms with Gasteiger partial charge in [-0.3, -0.25) is 4.79 Å². The zero-order valence-electron chi connectivity index (χ0n) is 12.5. The van der Waals surface area contributed by atoms with Crippen molar-refractivity contribution in [2.75, 3.05) is 6.54 Å². The van der Waals surface area contributed by atoms with Crippen LogP contribution < -0.4 is 11.1 Å². The molecular weight excluding hydrogens is 351 g/mol. The van der Waals surface area contributed by atoms with E-state index in [2.05, 4.69) is 19.2 Å². The maximum atomic E-state index is 12.0. The molecular formula is C14H23Cl3N2OS. The zero-order valence-corrected chi connectivity index (χ0v) is 15.7. The van der Waals surface area contributed by atoms with Gasteiger partial charge >= 0.3 is 0 Å². The van der Waals surface area contributed by atoms with Crippen LogP contribution >= 0.6 is 46.9 Å². The van der Waals surface area contributed by atoms with E-state index in [1.165, 1.54) is 11.3 Å². The van der Waals surface area contributed by atoms with E-state index in [4.69, 9.17) is 28.9 Å². The molecule has 21 heavy (non-hydrogen) atoms. The molecule has 0 spiro atoms. The number of nitrogens with one attached hydrogen (secondary N) is 1. The molecule has 0 aliphatic carbocycles. The number of rotatable bonds is 7. The Morgan fingerprint density at radius 3 is 2.52 bits per heavy atom. The molecule has 1 heterocycles. The van der Waals surface area contributed by atoms with Crippen LogP contribution in [0.5, 0.6) is 0 Å². The highest BCUT2D eigenvalue weighted by Gasteiger charge is 2.28. The summed E-state index contributed by atoms with van der Waals surface area (Å²) in [4.78, 5) is 12.0. The lowest BCUT2D eigenvalue weighted by atomic mass is 9.88. The first kappa shape index (κ1) is 21.0. The smallest absolute Gasteiger partial charge is 0.220 e. The molecule has 1 aromatic heterocycles. The Balaban J connectivity index is 0.00000400. The fourth-order valence-corrected chi connectivity index (χ4v) is 3.34. The van der Waals surface area contributed by atoms with Crippen molar-refractivity contribution in [2.24, 2.45) is 11.7 Å². The molecule has 0 bridgehead atoms. The molecule has 122 valence electrons. The Labute approximate surface area is 147 Å². The maximum absolute atomic E-state index is 12.0. The van der Waals surface area contributed by atoms with Crippen molar-refractivity contribution < 1.29 is 4.79 Å². The Kier molecular flexibility index (Phi) is 9.21. The normalized spacial score (nSPS) is 13.7. The zero-order chi connectivity index (χ0) is 15.3. The van der Waals surface area contributed by atoms with Gasteiger partial charge in [0.1, 0.15) is 0 Å². The van der Waals surface area contributed by atoms with E-state index in [-0.39, 0.29) is 23.9 Å². The van der Waals surface area contributed by atoms with E-state index < -0.39 is 0 Å². The second kappa shape index (κ2) is 9.21. The average Bonchev–Trinajstić information content (AvgIpc) is 2.67. The van der Waals surface area contributed by atoms with Gasteiger partial charge in [0.25, 0.3) is 0 Å². The number of hydrogen-bond acceptors (Lipinski definition) is 3. The Morgan fingerprint density at radius 2 is 2.10 bits per heavy atom. The number of carbonyl (C=O) groups excluding carboxylic acids is 1. The predicted octanol–water partition coefficient (Wildman–Crippen LogP) is 4.29. The van der Waals surface area contributed by atoms with Gasteiger partial charge in [-0.1, -0.05) is 37.0 Å². The van der Waals surface area contributed by atoms with Crippen molar-refractivity contribution >= 4 is 52.9 Å². The van der Waals surface area contributed by atoms with Crippen LogP contribution in [0.3, 0.4) is 0 Å². The summed E-state index contributed by atoms with van der Waals surface area (Å²) in [5, 5.41) is 3.03. The molecule has 0 saturated heterocycles. The van der Waals surface area contributed by atoms with E-state index in [1.54, 1.807) is 0 Å². The predicted molar refractivity (Wildman–Crippen MR) is 95.0 cm³/mol. The summed E-state index contributed by atoms with van der Waals surface area (Å²) < 4.78 is 1.40. The third-order valence-electron chi connectivity index (χ3n) is 3.70. The van der Waals surface area contributed by atoms with Crippen molar-refractivity contribution in [1.29, 1.82) is 0 Å². The van der Waals surface area contributed by atoms with E-state index in [9.17, 15) is 4.79 Å². The lowest BCUT2D eigenvalue weighted by Crippen LogP contribution is -2.54. The Morgan fingerprint density at radius 1 is 1.48 bits per heavy atom. The summed E-state index contributed by atoms with van der Waals surface area (Å²) >= 11 is 13.3. The second-order valence-corrected chi connectivity index (χ2v) is 7.81. The first-order valence-electron chi connectivity index (χ1n) is 6.73. The van der Waals surface area contributed by atoms with Crippen molar-refractivity contribution in [3.8, 4) is 0 Å². The van der Waals surface area contributed by atoms with Gasteiger partial charge in [-0.05, 0) is 37.3 Å². The van der Waals surface area contributed by atoms with Gasteiger partial charge in [-0.2, -0.15) is 0 Å². The quantitative estimate of drug-likeness (QED) is 0.749. The molecule has 1 amide bonds. The number of nitrogens with two attached hydrogens (primary N) is 1. The van der Waals surface area contributed by atoms with Crippen molar-refractivity contribution in [3.05, 3.63) is 20.3 Å². The van der Waals surface area contributed by atoms with Crippen LogP contribution in [0.25, 0.3) is 0 Å². The van der Waals surface area contributed by atoms with E-state index in [0.717, 1.165) is 18.4 Å². The van der Waals surface area contributed by atoms with Crippen LogP contribution in [0.4, 0.5) is 0 Å². The molecule has 0 aliphatic rings. The summed E-state index contributed by atoms with van der Waals surface area (Å²) in [7, 11) is 0. The third kappa shape index (κ3) is 6.33. The number of aryl methyl sites for hydroxylation is 1. The van der Waals surface area contributed by atoms with Gasteiger partial charge in [0.05, 0.1) is 14.2 Å². The standard InChI is InChI=1S/C14H22Cl2N2OS.ClH/c1-9(2)14(3,8-17)18-12(19)6-4-5-10-7-11(15)20-13(10)16;/h7,9H,4-6,8,17H2,1-3H3,(H,18,19);1H. The van der Waals surface area contributed by atoms with Crippen LogP contribution in [0.15, 0.2) is 6.07 Å². The molecule has 3 N–H and O–H groups in total. The minimum absolute atomic E-state index is 0. The number of halogens is 3. The molecule has 1 unspecified atom stereocenters. The molecule has 0 aromatic carbocycles. The van der Waals surface area contributed by atoms with Crippen LogP contribution in [0.1, 0.15) is 39.2 Å². The summed E-state index contributed by atoms with van der Waals surface area (Å²) in [6.07, 6.45) is 1.97. The summed E-state index contributed by atoms with van der Waals surface area (Å²) in [5.74, 6) is 0.325. The molecule has 7 heteroatoms. The monoisotopic (exact) mass is 372 g/mol. The molecule has 1 rings (SSSR count). The first-order valence-corrected chi connectivity index (χ1v) is 8.30. The Bertz CT molecular complexity index is 465.